The quantitative estimate of drug-likeness (QED) is 0.161. The van der Waals surface area contributed by atoms with Crippen LogP contribution in [0.5, 0.6) is 0 Å². The maximum atomic E-state index is 6.43. The molecule has 0 saturated carbocycles. The Balaban J connectivity index is 0.915. The van der Waals surface area contributed by atoms with E-state index in [1.54, 1.807) is 0 Å². The van der Waals surface area contributed by atoms with Gasteiger partial charge in [0.25, 0.3) is 0 Å². The van der Waals surface area contributed by atoms with Crippen LogP contribution in [0.15, 0.2) is 235 Å². The number of furan rings is 1. The molecule has 0 atom stereocenters. The maximum absolute atomic E-state index is 6.43. The summed E-state index contributed by atoms with van der Waals surface area (Å²) in [6, 6.07) is 82.2. The minimum Gasteiger partial charge on any atom is -0.455 e. The van der Waals surface area contributed by atoms with E-state index >= 15 is 0 Å². The lowest BCUT2D eigenvalue weighted by atomic mass is 9.67. The van der Waals surface area contributed by atoms with E-state index in [1.807, 2.05) is 30.3 Å². The van der Waals surface area contributed by atoms with Crippen molar-refractivity contribution in [1.29, 1.82) is 0 Å². The first-order valence-corrected chi connectivity index (χ1v) is 21.1. The number of hydrogen-bond acceptors (Lipinski definition) is 3. The van der Waals surface area contributed by atoms with Gasteiger partial charge in [0.15, 0.2) is 5.82 Å². The van der Waals surface area contributed by atoms with Crippen molar-refractivity contribution in [3.63, 3.8) is 0 Å². The van der Waals surface area contributed by atoms with Crippen molar-refractivity contribution in [2.75, 3.05) is 0 Å². The predicted octanol–water partition coefficient (Wildman–Crippen LogP) is 15.1. The number of rotatable bonds is 7. The molecule has 0 bridgehead atoms. The van der Waals surface area contributed by atoms with Gasteiger partial charge in [0.1, 0.15) is 11.2 Å². The fraction of sp³-hybridized carbons (Fsp3) is 0.0169. The van der Waals surface area contributed by atoms with E-state index in [9.17, 15) is 0 Å². The number of aromatic nitrogens is 2. The number of para-hydroxylation sites is 2. The summed E-state index contributed by atoms with van der Waals surface area (Å²) in [5.74, 6) is 0.685. The SMILES string of the molecule is c1ccc(-c2nc(-c3ccc(-c4ccc(C5(c6ccccc6)c6ccccc6-c6ccccc65)cc4)cc3)cc(-c3cccc(-c4cccc5c4oc4ccccc45)c3)n2)cc1. The molecule has 62 heavy (non-hydrogen) atoms. The number of fused-ring (bicyclic) bond motifs is 6. The summed E-state index contributed by atoms with van der Waals surface area (Å²) in [4.78, 5) is 10.3. The summed E-state index contributed by atoms with van der Waals surface area (Å²) in [5.41, 5.74) is 18.3. The Bertz CT molecular complexity index is 3400. The van der Waals surface area contributed by atoms with E-state index in [2.05, 4.69) is 200 Å². The van der Waals surface area contributed by atoms with Crippen molar-refractivity contribution in [1.82, 2.24) is 9.97 Å². The van der Waals surface area contributed by atoms with Crippen molar-refractivity contribution in [2.24, 2.45) is 0 Å². The van der Waals surface area contributed by atoms with E-state index in [0.29, 0.717) is 5.82 Å². The van der Waals surface area contributed by atoms with E-state index in [1.165, 1.54) is 33.4 Å². The van der Waals surface area contributed by atoms with Gasteiger partial charge in [-0.15, -0.1) is 0 Å². The molecule has 0 unspecified atom stereocenters. The molecule has 2 aromatic heterocycles. The molecule has 1 aliphatic carbocycles. The molecule has 9 aromatic carbocycles. The first-order valence-electron chi connectivity index (χ1n) is 21.1. The lowest BCUT2D eigenvalue weighted by molar-refractivity contribution is 0.670. The van der Waals surface area contributed by atoms with Crippen LogP contribution in [-0.4, -0.2) is 9.97 Å². The van der Waals surface area contributed by atoms with E-state index in [0.717, 1.165) is 72.3 Å². The van der Waals surface area contributed by atoms with Crippen LogP contribution in [0, 0.1) is 0 Å². The van der Waals surface area contributed by atoms with Crippen LogP contribution < -0.4 is 0 Å². The highest BCUT2D eigenvalue weighted by Crippen LogP contribution is 2.56. The van der Waals surface area contributed by atoms with Gasteiger partial charge in [-0.05, 0) is 68.3 Å². The summed E-state index contributed by atoms with van der Waals surface area (Å²) in [5, 5.41) is 2.23. The molecule has 2 heterocycles. The number of nitrogens with zero attached hydrogens (tertiary/aromatic N) is 2. The minimum absolute atomic E-state index is 0.418. The highest BCUT2D eigenvalue weighted by atomic mass is 16.3. The average molecular weight is 791 g/mol. The summed E-state index contributed by atoms with van der Waals surface area (Å²) in [6.45, 7) is 0. The number of benzene rings is 9. The highest BCUT2D eigenvalue weighted by Gasteiger charge is 2.45. The zero-order chi connectivity index (χ0) is 41.0. The largest absolute Gasteiger partial charge is 0.455 e. The Morgan fingerprint density at radius 3 is 1.55 bits per heavy atom. The molecular formula is C59H38N2O. The van der Waals surface area contributed by atoms with Crippen molar-refractivity contribution >= 4 is 21.9 Å². The zero-order valence-electron chi connectivity index (χ0n) is 33.7. The lowest BCUT2D eigenvalue weighted by Gasteiger charge is -2.34. The van der Waals surface area contributed by atoms with Gasteiger partial charge in [-0.1, -0.05) is 212 Å². The normalized spacial score (nSPS) is 12.6. The molecule has 0 saturated heterocycles. The van der Waals surface area contributed by atoms with Crippen LogP contribution in [0.25, 0.3) is 89.2 Å². The molecule has 0 aliphatic heterocycles. The summed E-state index contributed by atoms with van der Waals surface area (Å²) in [7, 11) is 0. The Labute approximate surface area is 360 Å². The van der Waals surface area contributed by atoms with Gasteiger partial charge in [-0.2, -0.15) is 0 Å². The van der Waals surface area contributed by atoms with Crippen LogP contribution in [0.1, 0.15) is 22.3 Å². The second-order valence-corrected chi connectivity index (χ2v) is 16.1. The molecule has 290 valence electrons. The molecule has 0 N–H and O–H groups in total. The molecule has 11 aromatic rings. The second-order valence-electron chi connectivity index (χ2n) is 16.1. The lowest BCUT2D eigenvalue weighted by Crippen LogP contribution is -2.28. The summed E-state index contributed by atoms with van der Waals surface area (Å²) < 4.78 is 6.43. The van der Waals surface area contributed by atoms with Crippen LogP contribution in [-0.2, 0) is 5.41 Å². The summed E-state index contributed by atoms with van der Waals surface area (Å²) >= 11 is 0. The van der Waals surface area contributed by atoms with Gasteiger partial charge < -0.3 is 4.42 Å². The third-order valence-electron chi connectivity index (χ3n) is 12.6. The van der Waals surface area contributed by atoms with Crippen LogP contribution in [0.2, 0.25) is 0 Å². The second kappa shape index (κ2) is 14.5. The maximum Gasteiger partial charge on any atom is 0.160 e. The van der Waals surface area contributed by atoms with Gasteiger partial charge in [0, 0.05) is 33.0 Å². The molecule has 0 amide bonds. The Hall–Kier alpha value is -8.14. The molecule has 0 radical (unpaired) electrons. The Kier molecular flexibility index (Phi) is 8.39. The van der Waals surface area contributed by atoms with E-state index in [4.69, 9.17) is 14.4 Å². The van der Waals surface area contributed by atoms with Crippen molar-refractivity contribution < 1.29 is 4.42 Å². The van der Waals surface area contributed by atoms with Crippen LogP contribution in [0.4, 0.5) is 0 Å². The monoisotopic (exact) mass is 790 g/mol. The fourth-order valence-corrected chi connectivity index (χ4v) is 9.74. The van der Waals surface area contributed by atoms with Gasteiger partial charge in [0.2, 0.25) is 0 Å². The fourth-order valence-electron chi connectivity index (χ4n) is 9.74. The van der Waals surface area contributed by atoms with Crippen molar-refractivity contribution in [3.8, 4) is 67.3 Å². The molecule has 3 nitrogen and oxygen atoms in total. The molecule has 3 heteroatoms. The standard InChI is InChI=1S/C59H38N2O/c1-3-15-42(16-4-1)58-60-54(38-55(61-58)44-18-13-17-43(37-44)47-24-14-25-51-50-23-9-12-28-56(50)62-57(47)51)41-31-29-39(30-32-41)40-33-35-46(36-34-40)59(45-19-5-2-6-20-45)52-26-10-7-21-48(52)49-22-8-11-27-53(49)59/h1-38H. The smallest absolute Gasteiger partial charge is 0.160 e. The Morgan fingerprint density at radius 1 is 0.323 bits per heavy atom. The van der Waals surface area contributed by atoms with E-state index in [-0.39, 0.29) is 0 Å². The third-order valence-corrected chi connectivity index (χ3v) is 12.6. The van der Waals surface area contributed by atoms with Crippen molar-refractivity contribution in [3.05, 3.63) is 253 Å². The van der Waals surface area contributed by atoms with Crippen LogP contribution >= 0.6 is 0 Å². The van der Waals surface area contributed by atoms with Crippen molar-refractivity contribution in [2.45, 2.75) is 5.41 Å². The van der Waals surface area contributed by atoms with Gasteiger partial charge >= 0.3 is 0 Å². The predicted molar refractivity (Wildman–Crippen MR) is 254 cm³/mol. The topological polar surface area (TPSA) is 38.9 Å². The van der Waals surface area contributed by atoms with Gasteiger partial charge in [-0.25, -0.2) is 9.97 Å². The molecule has 0 fully saturated rings. The van der Waals surface area contributed by atoms with Gasteiger partial charge in [-0.3, -0.25) is 0 Å². The molecule has 0 spiro atoms. The Morgan fingerprint density at radius 2 is 0.823 bits per heavy atom. The number of hydrogen-bond donors (Lipinski definition) is 0. The average Bonchev–Trinajstić information content (AvgIpc) is 3.89. The third kappa shape index (κ3) is 5.74. The molecule has 12 rings (SSSR count). The first-order chi connectivity index (χ1) is 30.7. The highest BCUT2D eigenvalue weighted by molar-refractivity contribution is 6.09. The minimum atomic E-state index is -0.418. The summed E-state index contributed by atoms with van der Waals surface area (Å²) in [6.07, 6.45) is 0. The first kappa shape index (κ1) is 35.8. The zero-order valence-corrected chi connectivity index (χ0v) is 33.7. The van der Waals surface area contributed by atoms with Crippen LogP contribution in [0.3, 0.4) is 0 Å². The van der Waals surface area contributed by atoms with E-state index < -0.39 is 5.41 Å². The van der Waals surface area contributed by atoms with Gasteiger partial charge in [0.05, 0.1) is 16.8 Å². The molecular weight excluding hydrogens is 753 g/mol. The molecule has 1 aliphatic rings.